The van der Waals surface area contributed by atoms with E-state index >= 15 is 0 Å². The van der Waals surface area contributed by atoms with E-state index in [1.165, 1.54) is 32.1 Å². The van der Waals surface area contributed by atoms with E-state index in [1.54, 1.807) is 0 Å². The second-order valence-electron chi connectivity index (χ2n) is 6.33. The van der Waals surface area contributed by atoms with Crippen LogP contribution in [0.3, 0.4) is 0 Å². The normalized spacial score (nSPS) is 13.3. The lowest BCUT2D eigenvalue weighted by Gasteiger charge is -2.16. The molecule has 0 aliphatic heterocycles. The summed E-state index contributed by atoms with van der Waals surface area (Å²) in [6.45, 7) is 4.19. The van der Waals surface area contributed by atoms with Gasteiger partial charge in [-0.1, -0.05) is 58.8 Å². The number of rotatable bonds is 14. The van der Waals surface area contributed by atoms with Crippen LogP contribution in [0, 0.1) is 5.92 Å². The molecule has 0 aromatic carbocycles. The molecule has 2 atom stereocenters. The van der Waals surface area contributed by atoms with E-state index in [-0.39, 0.29) is 24.7 Å². The summed E-state index contributed by atoms with van der Waals surface area (Å²) in [5.74, 6) is -1.75. The highest BCUT2D eigenvalue weighted by atomic mass is 16.4. The summed E-state index contributed by atoms with van der Waals surface area (Å²) in [7, 11) is 0. The first kappa shape index (κ1) is 21.4. The average molecular weight is 328 g/mol. The van der Waals surface area contributed by atoms with Gasteiger partial charge in [0.05, 0.1) is 0 Å². The summed E-state index contributed by atoms with van der Waals surface area (Å²) in [6, 6.07) is -1.05. The second kappa shape index (κ2) is 12.9. The maximum Gasteiger partial charge on any atom is 0.326 e. The third kappa shape index (κ3) is 12.6. The van der Waals surface area contributed by atoms with Crippen molar-refractivity contribution in [1.82, 2.24) is 5.32 Å². The molecular weight excluding hydrogens is 296 g/mol. The number of carboxylic acid groups (broad SMARTS) is 1. The van der Waals surface area contributed by atoms with Crippen LogP contribution in [-0.2, 0) is 14.4 Å². The van der Waals surface area contributed by atoms with Gasteiger partial charge in [0.1, 0.15) is 6.04 Å². The van der Waals surface area contributed by atoms with Crippen molar-refractivity contribution in [1.29, 1.82) is 0 Å². The zero-order valence-corrected chi connectivity index (χ0v) is 14.5. The number of unbranched alkanes of at least 4 members (excludes halogenated alkanes) is 5. The van der Waals surface area contributed by atoms with Crippen molar-refractivity contribution < 1.29 is 19.5 Å². The van der Waals surface area contributed by atoms with Gasteiger partial charge in [0, 0.05) is 12.8 Å². The predicted octanol–water partition coefficient (Wildman–Crippen LogP) is 2.60. The number of aliphatic carboxylic acids is 1. The third-order valence-electron chi connectivity index (χ3n) is 3.90. The van der Waals surface area contributed by atoms with Gasteiger partial charge < -0.3 is 16.2 Å². The minimum Gasteiger partial charge on any atom is -0.480 e. The fourth-order valence-electron chi connectivity index (χ4n) is 2.49. The smallest absolute Gasteiger partial charge is 0.326 e. The molecule has 0 aromatic rings. The van der Waals surface area contributed by atoms with Crippen LogP contribution in [0.1, 0.15) is 78.1 Å². The molecule has 0 saturated heterocycles. The molecule has 6 nitrogen and oxygen atoms in total. The maximum absolute atomic E-state index is 11.9. The molecule has 0 rings (SSSR count). The minimum atomic E-state index is -1.14. The van der Waals surface area contributed by atoms with Crippen molar-refractivity contribution in [2.24, 2.45) is 11.7 Å². The van der Waals surface area contributed by atoms with Crippen LogP contribution in [0.15, 0.2) is 0 Å². The molecule has 4 N–H and O–H groups in total. The molecule has 2 amide bonds. The van der Waals surface area contributed by atoms with Crippen molar-refractivity contribution in [3.05, 3.63) is 0 Å². The van der Waals surface area contributed by atoms with Gasteiger partial charge >= 0.3 is 5.97 Å². The molecule has 1 unspecified atom stereocenters. The first-order valence-corrected chi connectivity index (χ1v) is 8.67. The number of nitrogens with two attached hydrogens (primary N) is 1. The molecule has 134 valence electrons. The summed E-state index contributed by atoms with van der Waals surface area (Å²) >= 11 is 0. The lowest BCUT2D eigenvalue weighted by atomic mass is 9.98. The lowest BCUT2D eigenvalue weighted by molar-refractivity contribution is -0.142. The van der Waals surface area contributed by atoms with Crippen molar-refractivity contribution in [3.63, 3.8) is 0 Å². The molecule has 0 spiro atoms. The lowest BCUT2D eigenvalue weighted by Crippen LogP contribution is -2.41. The minimum absolute atomic E-state index is 0.0300. The Morgan fingerprint density at radius 3 is 2.22 bits per heavy atom. The molecule has 0 radical (unpaired) electrons. The molecule has 0 bridgehead atoms. The Hall–Kier alpha value is -1.59. The summed E-state index contributed by atoms with van der Waals surface area (Å²) in [5, 5.41) is 11.5. The van der Waals surface area contributed by atoms with Crippen LogP contribution < -0.4 is 11.1 Å². The van der Waals surface area contributed by atoms with Crippen molar-refractivity contribution in [2.45, 2.75) is 84.1 Å². The SMILES string of the molecule is CCCCCCCCC(C)CC(=O)N[C@@H](CCC(N)=O)C(=O)O. The Morgan fingerprint density at radius 2 is 1.65 bits per heavy atom. The van der Waals surface area contributed by atoms with Gasteiger partial charge in [-0.25, -0.2) is 4.79 Å². The summed E-state index contributed by atoms with van der Waals surface area (Å²) in [5.41, 5.74) is 5.01. The van der Waals surface area contributed by atoms with E-state index in [1.807, 2.05) is 6.92 Å². The van der Waals surface area contributed by atoms with E-state index in [0.717, 1.165) is 12.8 Å². The summed E-state index contributed by atoms with van der Waals surface area (Å²) in [4.78, 5) is 33.7. The zero-order valence-electron chi connectivity index (χ0n) is 14.5. The standard InChI is InChI=1S/C17H32N2O4/c1-3-4-5-6-7-8-9-13(2)12-16(21)19-14(17(22)23)10-11-15(18)20/h13-14H,3-12H2,1-2H3,(H2,18,20)(H,19,21)(H,22,23)/t13?,14-/m0/s1. The summed E-state index contributed by atoms with van der Waals surface area (Å²) in [6.07, 6.45) is 8.56. The number of primary amides is 1. The third-order valence-corrected chi connectivity index (χ3v) is 3.90. The maximum atomic E-state index is 11.9. The van der Waals surface area contributed by atoms with E-state index in [2.05, 4.69) is 12.2 Å². The van der Waals surface area contributed by atoms with Gasteiger partial charge in [0.25, 0.3) is 0 Å². The van der Waals surface area contributed by atoms with Crippen LogP contribution >= 0.6 is 0 Å². The molecule has 0 aliphatic rings. The second-order valence-corrected chi connectivity index (χ2v) is 6.33. The van der Waals surface area contributed by atoms with Gasteiger partial charge in [-0.05, 0) is 12.3 Å². The van der Waals surface area contributed by atoms with Gasteiger partial charge in [-0.15, -0.1) is 0 Å². The molecule has 6 heteroatoms. The molecule has 23 heavy (non-hydrogen) atoms. The first-order chi connectivity index (χ1) is 10.9. The van der Waals surface area contributed by atoms with E-state index < -0.39 is 17.9 Å². The van der Waals surface area contributed by atoms with Crippen LogP contribution in [0.25, 0.3) is 0 Å². The van der Waals surface area contributed by atoms with Crippen LogP contribution in [0.2, 0.25) is 0 Å². The fraction of sp³-hybridized carbons (Fsp3) is 0.824. The Kier molecular flexibility index (Phi) is 12.0. The quantitative estimate of drug-likeness (QED) is 0.426. The molecular formula is C17H32N2O4. The van der Waals surface area contributed by atoms with Gasteiger partial charge in [0.2, 0.25) is 11.8 Å². The highest BCUT2D eigenvalue weighted by molar-refractivity contribution is 5.84. The predicted molar refractivity (Wildman–Crippen MR) is 89.8 cm³/mol. The van der Waals surface area contributed by atoms with Gasteiger partial charge in [-0.2, -0.15) is 0 Å². The van der Waals surface area contributed by atoms with Crippen molar-refractivity contribution >= 4 is 17.8 Å². The number of carbonyl (C=O) groups is 3. The van der Waals surface area contributed by atoms with Crippen molar-refractivity contribution in [2.75, 3.05) is 0 Å². The largest absolute Gasteiger partial charge is 0.480 e. The average Bonchev–Trinajstić information content (AvgIpc) is 2.46. The highest BCUT2D eigenvalue weighted by Gasteiger charge is 2.21. The van der Waals surface area contributed by atoms with Crippen LogP contribution in [0.5, 0.6) is 0 Å². The van der Waals surface area contributed by atoms with E-state index in [9.17, 15) is 14.4 Å². The van der Waals surface area contributed by atoms with E-state index in [0.29, 0.717) is 6.42 Å². The number of carbonyl (C=O) groups excluding carboxylic acids is 2. The van der Waals surface area contributed by atoms with Gasteiger partial charge in [0.15, 0.2) is 0 Å². The molecule has 0 saturated carbocycles. The molecule has 0 aliphatic carbocycles. The number of hydrogen-bond acceptors (Lipinski definition) is 3. The number of hydrogen-bond donors (Lipinski definition) is 3. The zero-order chi connectivity index (χ0) is 17.7. The molecule has 0 fully saturated rings. The Bertz CT molecular complexity index is 372. The van der Waals surface area contributed by atoms with Crippen molar-refractivity contribution in [3.8, 4) is 0 Å². The highest BCUT2D eigenvalue weighted by Crippen LogP contribution is 2.15. The molecule has 0 aromatic heterocycles. The van der Waals surface area contributed by atoms with E-state index in [4.69, 9.17) is 10.8 Å². The van der Waals surface area contributed by atoms with Crippen LogP contribution in [0.4, 0.5) is 0 Å². The molecule has 0 heterocycles. The van der Waals surface area contributed by atoms with Crippen LogP contribution in [-0.4, -0.2) is 28.9 Å². The number of nitrogens with one attached hydrogen (secondary N) is 1. The fourth-order valence-corrected chi connectivity index (χ4v) is 2.49. The number of amides is 2. The van der Waals surface area contributed by atoms with Gasteiger partial charge in [-0.3, -0.25) is 9.59 Å². The topological polar surface area (TPSA) is 109 Å². The Balaban J connectivity index is 3.95. The number of carboxylic acids is 1. The Morgan fingerprint density at radius 1 is 1.04 bits per heavy atom. The monoisotopic (exact) mass is 328 g/mol. The first-order valence-electron chi connectivity index (χ1n) is 8.67. The summed E-state index contributed by atoms with van der Waals surface area (Å²) < 4.78 is 0. The Labute approximate surface area is 139 Å².